The van der Waals surface area contributed by atoms with Crippen molar-refractivity contribution in [3.63, 3.8) is 0 Å². The number of carbonyl (C=O) groups excluding carboxylic acids is 1. The van der Waals surface area contributed by atoms with Crippen molar-refractivity contribution in [3.8, 4) is 11.3 Å². The highest BCUT2D eigenvalue weighted by Gasteiger charge is 2.17. The molecule has 6 heteroatoms. The number of nitrogens with one attached hydrogen (secondary N) is 1. The number of hydrogen-bond acceptors (Lipinski definition) is 4. The molecule has 1 heterocycles. The van der Waals surface area contributed by atoms with Crippen LogP contribution in [0.1, 0.15) is 32.9 Å². The molecule has 0 aliphatic heterocycles. The first kappa shape index (κ1) is 20.0. The van der Waals surface area contributed by atoms with Crippen molar-refractivity contribution in [1.29, 1.82) is 0 Å². The van der Waals surface area contributed by atoms with E-state index in [0.29, 0.717) is 24.4 Å². The Morgan fingerprint density at radius 3 is 2.62 bits per heavy atom. The van der Waals surface area contributed by atoms with E-state index in [1.54, 1.807) is 0 Å². The van der Waals surface area contributed by atoms with Crippen LogP contribution in [0.4, 0.5) is 0 Å². The van der Waals surface area contributed by atoms with Crippen molar-refractivity contribution >= 4 is 5.91 Å². The molecule has 1 aromatic heterocycles. The monoisotopic (exact) mass is 358 g/mol. The molecule has 0 spiro atoms. The Morgan fingerprint density at radius 1 is 1.27 bits per heavy atom. The second-order valence-electron chi connectivity index (χ2n) is 6.55. The van der Waals surface area contributed by atoms with Crippen molar-refractivity contribution in [2.24, 2.45) is 5.92 Å². The Balaban J connectivity index is 1.84. The molecule has 0 saturated carbocycles. The first-order valence-electron chi connectivity index (χ1n) is 9.38. The van der Waals surface area contributed by atoms with Crippen LogP contribution in [0.5, 0.6) is 0 Å². The second-order valence-corrected chi connectivity index (χ2v) is 6.55. The number of aromatic nitrogens is 2. The van der Waals surface area contributed by atoms with Gasteiger partial charge in [0.1, 0.15) is 0 Å². The number of amides is 1. The topological polar surface area (TPSA) is 70.4 Å². The van der Waals surface area contributed by atoms with Crippen LogP contribution in [0.15, 0.2) is 36.4 Å². The summed E-state index contributed by atoms with van der Waals surface area (Å²) in [4.78, 5) is 15.5. The van der Waals surface area contributed by atoms with Crippen molar-refractivity contribution in [2.45, 2.75) is 33.6 Å². The summed E-state index contributed by atoms with van der Waals surface area (Å²) in [5.41, 5.74) is 2.28. The lowest BCUT2D eigenvalue weighted by molar-refractivity contribution is -0.124. The molecule has 1 atom stereocenters. The average molecular weight is 358 g/mol. The summed E-state index contributed by atoms with van der Waals surface area (Å²) < 4.78 is 0. The Morgan fingerprint density at radius 2 is 1.96 bits per heavy atom. The molecule has 26 heavy (non-hydrogen) atoms. The summed E-state index contributed by atoms with van der Waals surface area (Å²) in [5.74, 6) is -0.221. The smallest absolute Gasteiger partial charge is 0.223 e. The van der Waals surface area contributed by atoms with Gasteiger partial charge in [-0.25, -0.2) is 0 Å². The number of benzene rings is 1. The summed E-state index contributed by atoms with van der Waals surface area (Å²) in [7, 11) is 0. The van der Waals surface area contributed by atoms with Crippen molar-refractivity contribution in [2.75, 3.05) is 26.2 Å². The minimum Gasteiger partial charge on any atom is -0.411 e. The maximum atomic E-state index is 12.3. The van der Waals surface area contributed by atoms with Gasteiger partial charge in [-0.3, -0.25) is 4.79 Å². The first-order chi connectivity index (χ1) is 12.5. The molecule has 6 nitrogen and oxygen atoms in total. The third-order valence-electron chi connectivity index (χ3n) is 4.64. The van der Waals surface area contributed by atoms with Crippen molar-refractivity contribution in [1.82, 2.24) is 20.2 Å². The van der Waals surface area contributed by atoms with Gasteiger partial charge < -0.3 is 15.4 Å². The number of carbonyl (C=O) groups is 1. The maximum absolute atomic E-state index is 12.3. The zero-order chi connectivity index (χ0) is 18.9. The van der Waals surface area contributed by atoms with Gasteiger partial charge in [0.15, 0.2) is 0 Å². The van der Waals surface area contributed by atoms with E-state index < -0.39 is 0 Å². The molecule has 2 aromatic rings. The van der Waals surface area contributed by atoms with Crippen LogP contribution in [0.25, 0.3) is 11.3 Å². The zero-order valence-corrected chi connectivity index (χ0v) is 16.0. The van der Waals surface area contributed by atoms with E-state index in [9.17, 15) is 10.0 Å². The van der Waals surface area contributed by atoms with Crippen molar-refractivity contribution in [3.05, 3.63) is 42.1 Å². The van der Waals surface area contributed by atoms with Gasteiger partial charge >= 0.3 is 0 Å². The van der Waals surface area contributed by atoms with Gasteiger partial charge in [-0.2, -0.15) is 0 Å². The van der Waals surface area contributed by atoms with E-state index in [4.69, 9.17) is 0 Å². The van der Waals surface area contributed by atoms with E-state index in [1.165, 1.54) is 0 Å². The lowest BCUT2D eigenvalue weighted by Gasteiger charge is -2.18. The van der Waals surface area contributed by atoms with E-state index in [-0.39, 0.29) is 11.8 Å². The number of rotatable bonds is 10. The van der Waals surface area contributed by atoms with E-state index in [0.717, 1.165) is 36.5 Å². The average Bonchev–Trinajstić information content (AvgIpc) is 3.03. The minimum absolute atomic E-state index is 0.00649. The quantitative estimate of drug-likeness (QED) is 0.506. The van der Waals surface area contributed by atoms with Gasteiger partial charge in [-0.15, -0.1) is 9.94 Å². The third-order valence-corrected chi connectivity index (χ3v) is 4.64. The summed E-state index contributed by atoms with van der Waals surface area (Å²) in [6.45, 7) is 9.89. The molecule has 0 fully saturated rings. The van der Waals surface area contributed by atoms with Crippen LogP contribution >= 0.6 is 0 Å². The largest absolute Gasteiger partial charge is 0.411 e. The van der Waals surface area contributed by atoms with Gasteiger partial charge in [0.25, 0.3) is 0 Å². The second kappa shape index (κ2) is 9.97. The van der Waals surface area contributed by atoms with Gasteiger partial charge in [0, 0.05) is 24.4 Å². The van der Waals surface area contributed by atoms with Crippen LogP contribution in [0.2, 0.25) is 0 Å². The summed E-state index contributed by atoms with van der Waals surface area (Å²) in [5, 5.41) is 17.2. The first-order valence-corrected chi connectivity index (χ1v) is 9.38. The van der Waals surface area contributed by atoms with Gasteiger partial charge in [0.2, 0.25) is 5.91 Å². The van der Waals surface area contributed by atoms with E-state index in [1.807, 2.05) is 43.3 Å². The predicted molar refractivity (Wildman–Crippen MR) is 103 cm³/mol. The molecule has 1 unspecified atom stereocenters. The van der Waals surface area contributed by atoms with Gasteiger partial charge in [-0.05, 0) is 32.1 Å². The number of hydrogen-bond donors (Lipinski definition) is 2. The molecular formula is C20H30N4O2. The maximum Gasteiger partial charge on any atom is 0.223 e. The molecular weight excluding hydrogens is 328 g/mol. The van der Waals surface area contributed by atoms with Gasteiger partial charge in [-0.1, -0.05) is 51.1 Å². The third kappa shape index (κ3) is 5.59. The fraction of sp³-hybridized carbons (Fsp3) is 0.500. The molecule has 142 valence electrons. The summed E-state index contributed by atoms with van der Waals surface area (Å²) in [6.07, 6.45) is 1.38. The lowest BCUT2D eigenvalue weighted by atomic mass is 10.0. The normalized spacial score (nSPS) is 12.3. The Hall–Kier alpha value is -2.34. The molecule has 0 saturated heterocycles. The molecule has 0 aliphatic rings. The van der Waals surface area contributed by atoms with Crippen LogP contribution in [-0.2, 0) is 11.2 Å². The SMILES string of the molecule is CCN(CC)CCCNC(=O)C(C)Cc1cc(-c2ccccc2)nn1O. The molecule has 0 aliphatic carbocycles. The molecule has 2 N–H and O–H groups in total. The Kier molecular flexibility index (Phi) is 7.66. The fourth-order valence-corrected chi connectivity index (χ4v) is 2.94. The Bertz CT molecular complexity index is 680. The lowest BCUT2D eigenvalue weighted by Crippen LogP contribution is -2.33. The number of nitrogens with zero attached hydrogens (tertiary/aromatic N) is 3. The fourth-order valence-electron chi connectivity index (χ4n) is 2.94. The van der Waals surface area contributed by atoms with Crippen LogP contribution < -0.4 is 5.32 Å². The molecule has 2 rings (SSSR count). The molecule has 0 bridgehead atoms. The highest BCUT2D eigenvalue weighted by Crippen LogP contribution is 2.19. The Labute approximate surface area is 155 Å². The summed E-state index contributed by atoms with van der Waals surface area (Å²) >= 11 is 0. The molecule has 0 radical (unpaired) electrons. The standard InChI is InChI=1S/C20H30N4O2/c1-4-23(5-2)13-9-12-21-20(25)16(3)14-18-15-19(22-24(18)26)17-10-7-6-8-11-17/h6-8,10-11,15-16,26H,4-5,9,12-14H2,1-3H3,(H,21,25). The summed E-state index contributed by atoms with van der Waals surface area (Å²) in [6, 6.07) is 11.5. The zero-order valence-electron chi connectivity index (χ0n) is 16.0. The van der Waals surface area contributed by atoms with Crippen LogP contribution in [0.3, 0.4) is 0 Å². The highest BCUT2D eigenvalue weighted by molar-refractivity contribution is 5.78. The molecule has 1 amide bonds. The van der Waals surface area contributed by atoms with Crippen LogP contribution in [0, 0.1) is 5.92 Å². The predicted octanol–water partition coefficient (Wildman–Crippen LogP) is 2.81. The van der Waals surface area contributed by atoms with Gasteiger partial charge in [0.05, 0.1) is 11.4 Å². The van der Waals surface area contributed by atoms with Crippen LogP contribution in [-0.4, -0.2) is 52.1 Å². The highest BCUT2D eigenvalue weighted by atomic mass is 16.5. The van der Waals surface area contributed by atoms with E-state index in [2.05, 4.69) is 29.2 Å². The minimum atomic E-state index is -0.227. The van der Waals surface area contributed by atoms with Crippen molar-refractivity contribution < 1.29 is 10.0 Å². The molecule has 1 aromatic carbocycles. The van der Waals surface area contributed by atoms with E-state index >= 15 is 0 Å².